The Labute approximate surface area is 205 Å². The fourth-order valence-corrected chi connectivity index (χ4v) is 5.52. The lowest BCUT2D eigenvalue weighted by atomic mass is 9.98. The molecule has 5 rings (SSSR count). The van der Waals surface area contributed by atoms with Crippen LogP contribution in [0, 0.1) is 0 Å². The summed E-state index contributed by atoms with van der Waals surface area (Å²) in [5, 5.41) is 22.2. The van der Waals surface area contributed by atoms with Gasteiger partial charge in [0.15, 0.2) is 0 Å². The maximum absolute atomic E-state index is 12.7. The highest BCUT2D eigenvalue weighted by atomic mass is 32.1. The molecule has 2 aliphatic rings. The molecule has 2 atom stereocenters. The number of benzene rings is 2. The van der Waals surface area contributed by atoms with Crippen LogP contribution < -0.4 is 5.32 Å². The van der Waals surface area contributed by atoms with E-state index in [1.807, 2.05) is 36.4 Å². The van der Waals surface area contributed by atoms with Gasteiger partial charge in [0.1, 0.15) is 22.5 Å². The van der Waals surface area contributed by atoms with Gasteiger partial charge in [-0.2, -0.15) is 0 Å². The Morgan fingerprint density at radius 2 is 1.74 bits per heavy atom. The number of aliphatic carboxylic acids is 1. The van der Waals surface area contributed by atoms with Crippen molar-refractivity contribution in [3.05, 3.63) is 75.7 Å². The van der Waals surface area contributed by atoms with Crippen molar-refractivity contribution in [2.24, 2.45) is 0 Å². The van der Waals surface area contributed by atoms with Crippen LogP contribution in [0.2, 0.25) is 0 Å². The minimum Gasteiger partial charge on any atom is -0.480 e. The third kappa shape index (κ3) is 4.50. The minimum absolute atomic E-state index is 0.00389. The number of β-amino-alcohol motifs (C(OH)–C–C–N with tert-alkyl or cyclic N) is 1. The van der Waals surface area contributed by atoms with Gasteiger partial charge in [0.25, 0.3) is 5.91 Å². The van der Waals surface area contributed by atoms with Crippen LogP contribution in [0.4, 0.5) is 4.79 Å². The van der Waals surface area contributed by atoms with Crippen molar-refractivity contribution in [1.29, 1.82) is 0 Å². The molecule has 2 heterocycles. The maximum atomic E-state index is 12.7. The molecule has 9 nitrogen and oxygen atoms in total. The van der Waals surface area contributed by atoms with Gasteiger partial charge >= 0.3 is 12.1 Å². The van der Waals surface area contributed by atoms with Crippen LogP contribution in [-0.4, -0.2) is 63.4 Å². The van der Waals surface area contributed by atoms with Gasteiger partial charge in [0.2, 0.25) is 0 Å². The molecular weight excluding hydrogens is 470 g/mol. The molecule has 3 aromatic rings. The fourth-order valence-electron chi connectivity index (χ4n) is 4.70. The van der Waals surface area contributed by atoms with E-state index in [4.69, 9.17) is 4.74 Å². The number of amides is 2. The number of hydrogen-bond donors (Lipinski definition) is 3. The van der Waals surface area contributed by atoms with E-state index in [-0.39, 0.29) is 36.9 Å². The molecule has 1 saturated heterocycles. The third-order valence-electron chi connectivity index (χ3n) is 6.32. The lowest BCUT2D eigenvalue weighted by Gasteiger charge is -2.19. The topological polar surface area (TPSA) is 129 Å². The number of thiazole rings is 1. The Balaban J connectivity index is 1.17. The van der Waals surface area contributed by atoms with E-state index in [2.05, 4.69) is 22.4 Å². The molecular formula is C25H23N3O6S. The van der Waals surface area contributed by atoms with E-state index in [1.165, 1.54) is 6.20 Å². The van der Waals surface area contributed by atoms with E-state index >= 15 is 0 Å². The molecule has 180 valence electrons. The quantitative estimate of drug-likeness (QED) is 0.482. The number of fused-ring (bicyclic) bond motifs is 3. The van der Waals surface area contributed by atoms with Crippen molar-refractivity contribution >= 4 is 29.3 Å². The predicted octanol–water partition coefficient (Wildman–Crippen LogP) is 2.84. The van der Waals surface area contributed by atoms with Crippen molar-refractivity contribution in [2.75, 3.05) is 13.2 Å². The van der Waals surface area contributed by atoms with Crippen LogP contribution in [0.15, 0.2) is 54.7 Å². The number of alkyl carbamates (subject to hydrolysis) is 1. The summed E-state index contributed by atoms with van der Waals surface area (Å²) >= 11 is 1.06. The number of aromatic nitrogens is 1. The number of likely N-dealkylation sites (tertiary alicyclic amines) is 1. The normalized spacial score (nSPS) is 18.7. The summed E-state index contributed by atoms with van der Waals surface area (Å²) in [6.45, 7) is 0.218. The third-order valence-corrected chi connectivity index (χ3v) is 7.30. The highest BCUT2D eigenvalue weighted by Crippen LogP contribution is 2.44. The average molecular weight is 494 g/mol. The van der Waals surface area contributed by atoms with Crippen molar-refractivity contribution in [2.45, 2.75) is 31.0 Å². The van der Waals surface area contributed by atoms with Crippen LogP contribution in [0.1, 0.15) is 38.1 Å². The molecule has 35 heavy (non-hydrogen) atoms. The number of carbonyl (C=O) groups excluding carboxylic acids is 2. The molecule has 2 aromatic carbocycles. The Bertz CT molecular complexity index is 1250. The number of aliphatic hydroxyl groups is 1. The molecule has 0 radical (unpaired) electrons. The molecule has 1 unspecified atom stereocenters. The number of nitrogens with one attached hydrogen (secondary N) is 1. The van der Waals surface area contributed by atoms with Crippen molar-refractivity contribution in [3.63, 3.8) is 0 Å². The standard InChI is InChI=1S/C25H23N3O6S/c29-14-9-20(24(31)32)28(12-14)23(30)21-10-26-22(35-21)11-27-25(33)34-13-19-17-7-3-1-5-15(17)16-6-2-4-8-18(16)19/h1-8,10,14,19-20,29H,9,11-13H2,(H,27,33)(H,31,32)/t14?,20-/m0/s1. The van der Waals surface area contributed by atoms with Crippen LogP contribution in [0.25, 0.3) is 11.1 Å². The van der Waals surface area contributed by atoms with Crippen molar-refractivity contribution in [1.82, 2.24) is 15.2 Å². The summed E-state index contributed by atoms with van der Waals surface area (Å²) in [7, 11) is 0. The number of rotatable bonds is 6. The SMILES string of the molecule is O=C(NCc1ncc(C(=O)N2CC(O)C[C@H]2C(=O)O)s1)OCC1c2ccccc2-c2ccccc21. The van der Waals surface area contributed by atoms with Crippen LogP contribution in [0.5, 0.6) is 0 Å². The van der Waals surface area contributed by atoms with Gasteiger partial charge in [-0.3, -0.25) is 4.79 Å². The van der Waals surface area contributed by atoms with Crippen LogP contribution in [0.3, 0.4) is 0 Å². The van der Waals surface area contributed by atoms with Gasteiger partial charge in [0, 0.05) is 18.9 Å². The summed E-state index contributed by atoms with van der Waals surface area (Å²) in [6, 6.07) is 15.1. The fraction of sp³-hybridized carbons (Fsp3) is 0.280. The molecule has 1 aliphatic carbocycles. The number of nitrogens with zero attached hydrogens (tertiary/aromatic N) is 2. The zero-order chi connectivity index (χ0) is 24.5. The zero-order valence-corrected chi connectivity index (χ0v) is 19.4. The highest BCUT2D eigenvalue weighted by molar-refractivity contribution is 7.13. The van der Waals surface area contributed by atoms with E-state index in [0.717, 1.165) is 38.5 Å². The van der Waals surface area contributed by atoms with E-state index < -0.39 is 30.1 Å². The van der Waals surface area contributed by atoms with Crippen molar-refractivity contribution < 1.29 is 29.3 Å². The monoisotopic (exact) mass is 493 g/mol. The molecule has 10 heteroatoms. The molecule has 1 fully saturated rings. The number of carboxylic acid groups (broad SMARTS) is 1. The average Bonchev–Trinajstić information content (AvgIpc) is 3.57. The number of ether oxygens (including phenoxy) is 1. The molecule has 3 N–H and O–H groups in total. The van der Waals surface area contributed by atoms with Gasteiger partial charge in [-0.1, -0.05) is 48.5 Å². The largest absolute Gasteiger partial charge is 0.480 e. The number of aliphatic hydroxyl groups excluding tert-OH is 1. The second-order valence-corrected chi connectivity index (χ2v) is 9.61. The first-order valence-electron chi connectivity index (χ1n) is 11.2. The van der Waals surface area contributed by atoms with Gasteiger partial charge in [0.05, 0.1) is 18.8 Å². The number of hydrogen-bond acceptors (Lipinski definition) is 7. The van der Waals surface area contributed by atoms with Crippen molar-refractivity contribution in [3.8, 4) is 11.1 Å². The highest BCUT2D eigenvalue weighted by Gasteiger charge is 2.39. The van der Waals surface area contributed by atoms with Gasteiger partial charge in [-0.15, -0.1) is 11.3 Å². The molecule has 0 bridgehead atoms. The van der Waals surface area contributed by atoms with E-state index in [9.17, 15) is 24.6 Å². The first-order valence-corrected chi connectivity index (χ1v) is 12.0. The zero-order valence-electron chi connectivity index (χ0n) is 18.6. The summed E-state index contributed by atoms with van der Waals surface area (Å²) in [4.78, 5) is 42.0. The Morgan fingerprint density at radius 3 is 2.40 bits per heavy atom. The lowest BCUT2D eigenvalue weighted by Crippen LogP contribution is -2.40. The van der Waals surface area contributed by atoms with E-state index in [1.54, 1.807) is 0 Å². The summed E-state index contributed by atoms with van der Waals surface area (Å²) < 4.78 is 5.51. The van der Waals surface area contributed by atoms with Crippen LogP contribution in [-0.2, 0) is 16.1 Å². The van der Waals surface area contributed by atoms with Gasteiger partial charge < -0.3 is 25.2 Å². The van der Waals surface area contributed by atoms with E-state index in [0.29, 0.717) is 5.01 Å². The Kier molecular flexibility index (Phi) is 6.23. The first kappa shape index (κ1) is 23.0. The molecule has 1 aliphatic heterocycles. The van der Waals surface area contributed by atoms with Gasteiger partial charge in [-0.25, -0.2) is 14.6 Å². The summed E-state index contributed by atoms with van der Waals surface area (Å²) in [5.41, 5.74) is 4.54. The van der Waals surface area contributed by atoms with Crippen LogP contribution >= 0.6 is 11.3 Å². The Morgan fingerprint density at radius 1 is 1.09 bits per heavy atom. The first-order chi connectivity index (χ1) is 16.9. The second kappa shape index (κ2) is 9.47. The maximum Gasteiger partial charge on any atom is 0.407 e. The summed E-state index contributed by atoms with van der Waals surface area (Å²) in [5.74, 6) is -1.70. The number of carboxylic acids is 1. The Hall–Kier alpha value is -3.76. The molecule has 0 spiro atoms. The smallest absolute Gasteiger partial charge is 0.407 e. The predicted molar refractivity (Wildman–Crippen MR) is 127 cm³/mol. The van der Waals surface area contributed by atoms with Gasteiger partial charge in [-0.05, 0) is 22.3 Å². The second-order valence-electron chi connectivity index (χ2n) is 8.50. The minimum atomic E-state index is -1.16. The molecule has 2 amide bonds. The molecule has 1 aromatic heterocycles. The lowest BCUT2D eigenvalue weighted by molar-refractivity contribution is -0.141. The molecule has 0 saturated carbocycles. The summed E-state index contributed by atoms with van der Waals surface area (Å²) in [6.07, 6.45) is -0.118. The number of carbonyl (C=O) groups is 3.